The molecular formula is C23H29N3O2. The molecule has 0 aromatic heterocycles. The van der Waals surface area contributed by atoms with E-state index in [0.29, 0.717) is 0 Å². The van der Waals surface area contributed by atoms with Crippen molar-refractivity contribution in [2.24, 2.45) is 0 Å². The molecule has 0 unspecified atom stereocenters. The number of ether oxygens (including phenoxy) is 1. The van der Waals surface area contributed by atoms with E-state index in [9.17, 15) is 4.79 Å². The van der Waals surface area contributed by atoms with E-state index in [4.69, 9.17) is 4.74 Å². The summed E-state index contributed by atoms with van der Waals surface area (Å²) in [6.07, 6.45) is 3.42. The minimum absolute atomic E-state index is 0.148. The molecule has 1 aliphatic carbocycles. The van der Waals surface area contributed by atoms with Crippen molar-refractivity contribution in [1.82, 2.24) is 5.32 Å². The van der Waals surface area contributed by atoms with Gasteiger partial charge in [-0.05, 0) is 50.8 Å². The molecule has 4 rings (SSSR count). The zero-order valence-corrected chi connectivity index (χ0v) is 16.7. The van der Waals surface area contributed by atoms with Crippen LogP contribution in [0.2, 0.25) is 0 Å². The Morgan fingerprint density at radius 3 is 2.29 bits per heavy atom. The maximum atomic E-state index is 12.9. The topological polar surface area (TPSA) is 53.6 Å². The standard InChI is InChI=1S/C23H29N3O2/c1-17-15-26(16-18(2)28-17)21-12-7-6-11-20(21)24-22(27)25-23(13-8-14-23)19-9-4-3-5-10-19/h3-7,9-12,17-18H,8,13-16H2,1-2H3,(H2,24,25,27)/t17-,18-/m0/s1. The highest BCUT2D eigenvalue weighted by Crippen LogP contribution is 2.41. The molecule has 0 radical (unpaired) electrons. The molecule has 5 nitrogen and oxygen atoms in total. The van der Waals surface area contributed by atoms with Gasteiger partial charge in [0.1, 0.15) is 0 Å². The predicted molar refractivity (Wildman–Crippen MR) is 113 cm³/mol. The first kappa shape index (κ1) is 18.8. The maximum Gasteiger partial charge on any atom is 0.319 e. The first-order chi connectivity index (χ1) is 13.6. The zero-order chi connectivity index (χ0) is 19.6. The number of carbonyl (C=O) groups is 1. The summed E-state index contributed by atoms with van der Waals surface area (Å²) < 4.78 is 5.85. The molecule has 0 bridgehead atoms. The SMILES string of the molecule is C[C@H]1CN(c2ccccc2NC(=O)NC2(c3ccccc3)CCC2)C[C@H](C)O1. The number of nitrogens with zero attached hydrogens (tertiary/aromatic N) is 1. The highest BCUT2D eigenvalue weighted by molar-refractivity contribution is 5.93. The van der Waals surface area contributed by atoms with E-state index in [-0.39, 0.29) is 23.8 Å². The summed E-state index contributed by atoms with van der Waals surface area (Å²) in [7, 11) is 0. The lowest BCUT2D eigenvalue weighted by Gasteiger charge is -2.43. The summed E-state index contributed by atoms with van der Waals surface area (Å²) in [5.41, 5.74) is 2.81. The first-order valence-electron chi connectivity index (χ1n) is 10.2. The highest BCUT2D eigenvalue weighted by atomic mass is 16.5. The molecule has 2 fully saturated rings. The number of urea groups is 1. The molecule has 2 aromatic rings. The smallest absolute Gasteiger partial charge is 0.319 e. The molecule has 148 valence electrons. The van der Waals surface area contributed by atoms with Crippen LogP contribution in [0.1, 0.15) is 38.7 Å². The van der Waals surface area contributed by atoms with Gasteiger partial charge < -0.3 is 20.3 Å². The second kappa shape index (κ2) is 7.84. The molecule has 1 saturated heterocycles. The van der Waals surface area contributed by atoms with Gasteiger partial charge in [-0.3, -0.25) is 0 Å². The molecule has 1 saturated carbocycles. The second-order valence-electron chi connectivity index (χ2n) is 8.06. The van der Waals surface area contributed by atoms with Gasteiger partial charge in [-0.25, -0.2) is 4.79 Å². The van der Waals surface area contributed by atoms with E-state index in [1.807, 2.05) is 36.4 Å². The van der Waals surface area contributed by atoms with Gasteiger partial charge >= 0.3 is 6.03 Å². The Balaban J connectivity index is 1.49. The maximum absolute atomic E-state index is 12.9. The fourth-order valence-electron chi connectivity index (χ4n) is 4.37. The van der Waals surface area contributed by atoms with E-state index in [1.165, 1.54) is 5.56 Å². The van der Waals surface area contributed by atoms with Gasteiger partial charge in [0.2, 0.25) is 0 Å². The predicted octanol–water partition coefficient (Wildman–Crippen LogP) is 4.50. The number of hydrogen-bond donors (Lipinski definition) is 2. The number of nitrogens with one attached hydrogen (secondary N) is 2. The second-order valence-corrected chi connectivity index (χ2v) is 8.06. The van der Waals surface area contributed by atoms with E-state index < -0.39 is 0 Å². The monoisotopic (exact) mass is 379 g/mol. The molecule has 0 spiro atoms. The van der Waals surface area contributed by atoms with Gasteiger partial charge in [0.25, 0.3) is 0 Å². The largest absolute Gasteiger partial charge is 0.372 e. The number of morpholine rings is 1. The molecule has 5 heteroatoms. The Morgan fingerprint density at radius 2 is 1.64 bits per heavy atom. The third-order valence-electron chi connectivity index (χ3n) is 5.80. The lowest BCUT2D eigenvalue weighted by Crippen LogP contribution is -2.52. The van der Waals surface area contributed by atoms with Crippen molar-refractivity contribution < 1.29 is 9.53 Å². The third-order valence-corrected chi connectivity index (χ3v) is 5.80. The number of rotatable bonds is 4. The summed E-state index contributed by atoms with van der Waals surface area (Å²) in [5.74, 6) is 0. The molecular weight excluding hydrogens is 350 g/mol. The Labute approximate surface area is 167 Å². The average Bonchev–Trinajstić information content (AvgIpc) is 2.65. The lowest BCUT2D eigenvalue weighted by molar-refractivity contribution is -0.00517. The fourth-order valence-corrected chi connectivity index (χ4v) is 4.37. The Kier molecular flexibility index (Phi) is 5.27. The van der Waals surface area contributed by atoms with E-state index >= 15 is 0 Å². The fraction of sp³-hybridized carbons (Fsp3) is 0.435. The number of benzene rings is 2. The van der Waals surface area contributed by atoms with Crippen LogP contribution < -0.4 is 15.5 Å². The molecule has 28 heavy (non-hydrogen) atoms. The van der Waals surface area contributed by atoms with Crippen LogP contribution in [0.3, 0.4) is 0 Å². The molecule has 2 aliphatic rings. The van der Waals surface area contributed by atoms with Crippen LogP contribution in [0.25, 0.3) is 0 Å². The normalized spacial score (nSPS) is 23.6. The molecule has 2 N–H and O–H groups in total. The number of carbonyl (C=O) groups excluding carboxylic acids is 1. The van der Waals surface area contributed by atoms with Gasteiger partial charge in [-0.2, -0.15) is 0 Å². The van der Waals surface area contributed by atoms with E-state index in [2.05, 4.69) is 47.6 Å². The first-order valence-corrected chi connectivity index (χ1v) is 10.2. The van der Waals surface area contributed by atoms with Crippen LogP contribution in [0.5, 0.6) is 0 Å². The van der Waals surface area contributed by atoms with Crippen molar-refractivity contribution in [2.75, 3.05) is 23.3 Å². The van der Waals surface area contributed by atoms with Crippen LogP contribution in [0.4, 0.5) is 16.2 Å². The van der Waals surface area contributed by atoms with Crippen molar-refractivity contribution in [3.05, 3.63) is 60.2 Å². The van der Waals surface area contributed by atoms with Crippen LogP contribution in [-0.2, 0) is 10.3 Å². The van der Waals surface area contributed by atoms with Gasteiger partial charge in [0, 0.05) is 13.1 Å². The Hall–Kier alpha value is -2.53. The summed E-state index contributed by atoms with van der Waals surface area (Å²) in [6.45, 7) is 5.81. The number of amides is 2. The van der Waals surface area contributed by atoms with Crippen LogP contribution in [0.15, 0.2) is 54.6 Å². The highest BCUT2D eigenvalue weighted by Gasteiger charge is 2.40. The number of anilines is 2. The molecule has 1 heterocycles. The minimum Gasteiger partial charge on any atom is -0.372 e. The minimum atomic E-state index is -0.248. The number of para-hydroxylation sites is 2. The van der Waals surface area contributed by atoms with Gasteiger partial charge in [-0.1, -0.05) is 42.5 Å². The van der Waals surface area contributed by atoms with Crippen molar-refractivity contribution in [2.45, 2.75) is 50.9 Å². The van der Waals surface area contributed by atoms with Gasteiger partial charge in [0.15, 0.2) is 0 Å². The lowest BCUT2D eigenvalue weighted by atomic mass is 9.72. The van der Waals surface area contributed by atoms with Crippen molar-refractivity contribution in [3.8, 4) is 0 Å². The Morgan fingerprint density at radius 1 is 1.00 bits per heavy atom. The van der Waals surface area contributed by atoms with Crippen molar-refractivity contribution in [3.63, 3.8) is 0 Å². The quantitative estimate of drug-likeness (QED) is 0.822. The third kappa shape index (κ3) is 3.85. The van der Waals surface area contributed by atoms with E-state index in [1.54, 1.807) is 0 Å². The van der Waals surface area contributed by atoms with Crippen LogP contribution in [-0.4, -0.2) is 31.3 Å². The van der Waals surface area contributed by atoms with E-state index in [0.717, 1.165) is 43.7 Å². The number of hydrogen-bond acceptors (Lipinski definition) is 3. The van der Waals surface area contributed by atoms with Gasteiger partial charge in [0.05, 0.1) is 29.1 Å². The van der Waals surface area contributed by atoms with Crippen molar-refractivity contribution >= 4 is 17.4 Å². The summed E-state index contributed by atoms with van der Waals surface area (Å²) >= 11 is 0. The summed E-state index contributed by atoms with van der Waals surface area (Å²) in [5, 5.41) is 6.35. The molecule has 2 atom stereocenters. The average molecular weight is 380 g/mol. The summed E-state index contributed by atoms with van der Waals surface area (Å²) in [6, 6.07) is 18.1. The van der Waals surface area contributed by atoms with Crippen LogP contribution in [0, 0.1) is 0 Å². The van der Waals surface area contributed by atoms with Crippen molar-refractivity contribution in [1.29, 1.82) is 0 Å². The summed E-state index contributed by atoms with van der Waals surface area (Å²) in [4.78, 5) is 15.2. The molecule has 2 amide bonds. The molecule has 2 aromatic carbocycles. The zero-order valence-electron chi connectivity index (χ0n) is 16.7. The van der Waals surface area contributed by atoms with Crippen LogP contribution >= 0.6 is 0 Å². The Bertz CT molecular complexity index is 810. The van der Waals surface area contributed by atoms with Gasteiger partial charge in [-0.15, -0.1) is 0 Å². The molecule has 1 aliphatic heterocycles.